The summed E-state index contributed by atoms with van der Waals surface area (Å²) >= 11 is 0. The van der Waals surface area contributed by atoms with Gasteiger partial charge in [-0.25, -0.2) is 5.32 Å². The van der Waals surface area contributed by atoms with E-state index in [1.54, 1.807) is 0 Å². The van der Waals surface area contributed by atoms with E-state index in [-0.39, 0.29) is 6.17 Å². The average Bonchev–Trinajstić information content (AvgIpc) is 1.82. The first kappa shape index (κ1) is 8.43. The van der Waals surface area contributed by atoms with Gasteiger partial charge in [-0.1, -0.05) is 6.92 Å². The van der Waals surface area contributed by atoms with E-state index < -0.39 is 0 Å². The maximum absolute atomic E-state index is 9.89. The Morgan fingerprint density at radius 1 is 1.67 bits per heavy atom. The lowest BCUT2D eigenvalue weighted by Crippen LogP contribution is -2.35. The van der Waals surface area contributed by atoms with Gasteiger partial charge in [0.2, 0.25) is 6.41 Å². The van der Waals surface area contributed by atoms with Gasteiger partial charge in [-0.05, 0) is 20.5 Å². The quantitative estimate of drug-likeness (QED) is 0.502. The predicted octanol–water partition coefficient (Wildman–Crippen LogP) is 0.0449. The van der Waals surface area contributed by atoms with Crippen LogP contribution < -0.4 is 5.32 Å². The summed E-state index contributed by atoms with van der Waals surface area (Å²) in [5.74, 6) is 0. The monoisotopic (exact) mass is 129 g/mol. The third-order valence-corrected chi connectivity index (χ3v) is 1.19. The molecule has 1 radical (unpaired) electrons. The molecule has 0 aromatic carbocycles. The molecule has 0 aromatic heterocycles. The van der Waals surface area contributed by atoms with Gasteiger partial charge in [0.25, 0.3) is 0 Å². The first-order valence-electron chi connectivity index (χ1n) is 3.02. The summed E-state index contributed by atoms with van der Waals surface area (Å²) in [4.78, 5) is 11.8. The van der Waals surface area contributed by atoms with Crippen molar-refractivity contribution < 1.29 is 4.79 Å². The van der Waals surface area contributed by atoms with Gasteiger partial charge in [0.1, 0.15) is 6.17 Å². The molecule has 0 aliphatic rings. The van der Waals surface area contributed by atoms with Crippen LogP contribution in [-0.4, -0.2) is 31.6 Å². The second-order valence-electron chi connectivity index (χ2n) is 2.11. The van der Waals surface area contributed by atoms with Gasteiger partial charge < -0.3 is 0 Å². The Morgan fingerprint density at radius 2 is 2.22 bits per heavy atom. The molecule has 1 amide bonds. The first-order chi connectivity index (χ1) is 4.22. The molecule has 0 bridgehead atoms. The molecule has 1 unspecified atom stereocenters. The Bertz CT molecular complexity index is 83.1. The number of amides is 1. The van der Waals surface area contributed by atoms with Crippen molar-refractivity contribution in [1.82, 2.24) is 10.2 Å². The van der Waals surface area contributed by atoms with E-state index in [2.05, 4.69) is 5.32 Å². The summed E-state index contributed by atoms with van der Waals surface area (Å²) < 4.78 is 0. The van der Waals surface area contributed by atoms with Crippen LogP contribution in [0, 0.1) is 0 Å². The number of hydrogen-bond donors (Lipinski definition) is 0. The molecule has 0 aromatic rings. The summed E-state index contributed by atoms with van der Waals surface area (Å²) in [5.41, 5.74) is 0. The van der Waals surface area contributed by atoms with Gasteiger partial charge >= 0.3 is 0 Å². The Kier molecular flexibility index (Phi) is 4.05. The Morgan fingerprint density at radius 3 is 2.33 bits per heavy atom. The van der Waals surface area contributed by atoms with Crippen molar-refractivity contribution in [2.75, 3.05) is 14.1 Å². The van der Waals surface area contributed by atoms with E-state index in [9.17, 15) is 4.79 Å². The summed E-state index contributed by atoms with van der Waals surface area (Å²) in [6.07, 6.45) is 1.54. The number of rotatable bonds is 4. The van der Waals surface area contributed by atoms with E-state index >= 15 is 0 Å². The van der Waals surface area contributed by atoms with Gasteiger partial charge in [-0.15, -0.1) is 0 Å². The molecule has 0 rings (SSSR count). The highest BCUT2D eigenvalue weighted by molar-refractivity contribution is 5.45. The van der Waals surface area contributed by atoms with E-state index in [1.165, 1.54) is 0 Å². The van der Waals surface area contributed by atoms with Gasteiger partial charge in [0, 0.05) is 0 Å². The predicted molar refractivity (Wildman–Crippen MR) is 36.0 cm³/mol. The standard InChI is InChI=1S/C6H13N2O/c1-4-6(7-5-9)8(2)3/h5-6H,4H2,1-3H3. The highest BCUT2D eigenvalue weighted by atomic mass is 16.1. The minimum absolute atomic E-state index is 0.0579. The lowest BCUT2D eigenvalue weighted by molar-refractivity contribution is -0.111. The minimum Gasteiger partial charge on any atom is -0.288 e. The Balaban J connectivity index is 3.53. The van der Waals surface area contributed by atoms with Crippen molar-refractivity contribution >= 4 is 6.41 Å². The van der Waals surface area contributed by atoms with Crippen LogP contribution in [0.5, 0.6) is 0 Å². The number of carbonyl (C=O) groups excluding carboxylic acids is 1. The number of nitrogens with zero attached hydrogens (tertiary/aromatic N) is 2. The van der Waals surface area contributed by atoms with Crippen LogP contribution in [0.2, 0.25) is 0 Å². The third-order valence-electron chi connectivity index (χ3n) is 1.19. The molecule has 0 spiro atoms. The maximum Gasteiger partial charge on any atom is 0.229 e. The van der Waals surface area contributed by atoms with Crippen molar-refractivity contribution in [1.29, 1.82) is 0 Å². The van der Waals surface area contributed by atoms with Crippen molar-refractivity contribution in [3.05, 3.63) is 0 Å². The number of hydrogen-bond acceptors (Lipinski definition) is 2. The van der Waals surface area contributed by atoms with Crippen LogP contribution in [0.3, 0.4) is 0 Å². The van der Waals surface area contributed by atoms with Crippen molar-refractivity contribution in [2.45, 2.75) is 19.5 Å². The molecule has 0 N–H and O–H groups in total. The summed E-state index contributed by atoms with van der Waals surface area (Å²) in [6.45, 7) is 2.00. The molecule has 0 saturated heterocycles. The molecule has 0 saturated carbocycles. The van der Waals surface area contributed by atoms with E-state index in [4.69, 9.17) is 0 Å². The first-order valence-corrected chi connectivity index (χ1v) is 3.02. The van der Waals surface area contributed by atoms with Gasteiger partial charge in [0.15, 0.2) is 0 Å². The largest absolute Gasteiger partial charge is 0.288 e. The molecule has 0 heterocycles. The Hall–Kier alpha value is -0.570. The van der Waals surface area contributed by atoms with Gasteiger partial charge in [-0.3, -0.25) is 9.69 Å². The van der Waals surface area contributed by atoms with Crippen molar-refractivity contribution in [3.8, 4) is 0 Å². The highest BCUT2D eigenvalue weighted by Crippen LogP contribution is 1.92. The normalized spacial score (nSPS) is 13.3. The third kappa shape index (κ3) is 3.08. The Labute approximate surface area is 56.0 Å². The van der Waals surface area contributed by atoms with Crippen LogP contribution in [0.1, 0.15) is 13.3 Å². The lowest BCUT2D eigenvalue weighted by Gasteiger charge is -2.18. The number of carbonyl (C=O) groups is 1. The van der Waals surface area contributed by atoms with Crippen LogP contribution in [0.15, 0.2) is 0 Å². The molecule has 1 atom stereocenters. The van der Waals surface area contributed by atoms with Crippen LogP contribution >= 0.6 is 0 Å². The fraction of sp³-hybridized carbons (Fsp3) is 0.833. The van der Waals surface area contributed by atoms with Crippen LogP contribution in [-0.2, 0) is 4.79 Å². The lowest BCUT2D eigenvalue weighted by atomic mass is 10.3. The zero-order valence-corrected chi connectivity index (χ0v) is 6.16. The second-order valence-corrected chi connectivity index (χ2v) is 2.11. The molecule has 3 nitrogen and oxygen atoms in total. The van der Waals surface area contributed by atoms with E-state index in [1.807, 2.05) is 25.9 Å². The molecular weight excluding hydrogens is 116 g/mol. The molecule has 9 heavy (non-hydrogen) atoms. The fourth-order valence-corrected chi connectivity index (χ4v) is 0.674. The van der Waals surface area contributed by atoms with E-state index in [0.717, 1.165) is 6.42 Å². The highest BCUT2D eigenvalue weighted by Gasteiger charge is 2.06. The molecular formula is C6H13N2O. The topological polar surface area (TPSA) is 34.4 Å². The van der Waals surface area contributed by atoms with Gasteiger partial charge in [0.05, 0.1) is 0 Å². The maximum atomic E-state index is 9.89. The zero-order chi connectivity index (χ0) is 7.28. The molecule has 0 aliphatic carbocycles. The van der Waals surface area contributed by atoms with Crippen LogP contribution in [0.25, 0.3) is 0 Å². The summed E-state index contributed by atoms with van der Waals surface area (Å²) in [7, 11) is 3.81. The average molecular weight is 129 g/mol. The van der Waals surface area contributed by atoms with Crippen molar-refractivity contribution in [3.63, 3.8) is 0 Å². The van der Waals surface area contributed by atoms with E-state index in [0.29, 0.717) is 6.41 Å². The SMILES string of the molecule is CCC([N]C=O)N(C)C. The minimum atomic E-state index is 0.0579. The molecule has 0 fully saturated rings. The smallest absolute Gasteiger partial charge is 0.229 e. The summed E-state index contributed by atoms with van der Waals surface area (Å²) in [6, 6.07) is 0. The zero-order valence-electron chi connectivity index (χ0n) is 6.16. The molecule has 53 valence electrons. The van der Waals surface area contributed by atoms with Gasteiger partial charge in [-0.2, -0.15) is 0 Å². The fourth-order valence-electron chi connectivity index (χ4n) is 0.674. The van der Waals surface area contributed by atoms with Crippen molar-refractivity contribution in [2.24, 2.45) is 0 Å². The summed E-state index contributed by atoms with van der Waals surface area (Å²) in [5, 5.41) is 3.69. The van der Waals surface area contributed by atoms with Crippen LogP contribution in [0.4, 0.5) is 0 Å². The molecule has 3 heteroatoms. The second kappa shape index (κ2) is 4.32. The molecule has 0 aliphatic heterocycles.